The Morgan fingerprint density at radius 2 is 2.00 bits per heavy atom. The van der Waals surface area contributed by atoms with Gasteiger partial charge in [-0.3, -0.25) is 4.79 Å². The van der Waals surface area contributed by atoms with Crippen LogP contribution in [-0.4, -0.2) is 31.0 Å². The predicted molar refractivity (Wildman–Crippen MR) is 65.0 cm³/mol. The summed E-state index contributed by atoms with van der Waals surface area (Å²) in [6.45, 7) is 0.917. The normalized spacial score (nSPS) is 12.8. The number of rotatable bonds is 6. The van der Waals surface area contributed by atoms with E-state index < -0.39 is 24.7 Å². The smallest absolute Gasteiger partial charge is 0.405 e. The van der Waals surface area contributed by atoms with Crippen LogP contribution in [0.1, 0.15) is 12.5 Å². The molecule has 0 aliphatic rings. The molecule has 7 heteroatoms. The zero-order chi connectivity index (χ0) is 15.3. The first-order valence-corrected chi connectivity index (χ1v) is 5.88. The van der Waals surface area contributed by atoms with Crippen LogP contribution in [0.4, 0.5) is 13.2 Å². The third kappa shape index (κ3) is 4.04. The van der Waals surface area contributed by atoms with Gasteiger partial charge in [-0.15, -0.1) is 0 Å². The summed E-state index contributed by atoms with van der Waals surface area (Å²) in [5.41, 5.74) is 0.930. The lowest BCUT2D eigenvalue weighted by molar-refractivity contribution is -0.198. The quantitative estimate of drug-likeness (QED) is 0.876. The third-order valence-electron chi connectivity index (χ3n) is 2.74. The van der Waals surface area contributed by atoms with Crippen LogP contribution in [0.2, 0.25) is 0 Å². The van der Waals surface area contributed by atoms with E-state index in [-0.39, 0.29) is 11.5 Å². The molecule has 1 rings (SSSR count). The number of halogens is 3. The fourth-order valence-electron chi connectivity index (χ4n) is 1.53. The van der Waals surface area contributed by atoms with Gasteiger partial charge in [0.05, 0.1) is 7.11 Å². The monoisotopic (exact) mass is 292 g/mol. The maximum Gasteiger partial charge on any atom is 0.405 e. The van der Waals surface area contributed by atoms with Gasteiger partial charge < -0.3 is 14.6 Å². The van der Waals surface area contributed by atoms with Gasteiger partial charge in [0.25, 0.3) is 0 Å². The molecule has 20 heavy (non-hydrogen) atoms. The van der Waals surface area contributed by atoms with Crippen molar-refractivity contribution in [2.24, 2.45) is 5.92 Å². The van der Waals surface area contributed by atoms with E-state index >= 15 is 0 Å². The molecule has 0 saturated carbocycles. The molecule has 0 spiro atoms. The molecule has 1 N–H and O–H groups in total. The molecular weight excluding hydrogens is 277 g/mol. The lowest BCUT2D eigenvalue weighted by Crippen LogP contribution is -2.35. The topological polar surface area (TPSA) is 55.8 Å². The zero-order valence-corrected chi connectivity index (χ0v) is 11.0. The van der Waals surface area contributed by atoms with E-state index in [1.165, 1.54) is 13.2 Å². The number of aryl methyl sites for hydroxylation is 1. The minimum atomic E-state index is -4.86. The van der Waals surface area contributed by atoms with Crippen LogP contribution in [0.3, 0.4) is 0 Å². The van der Waals surface area contributed by atoms with Crippen molar-refractivity contribution in [3.05, 3.63) is 23.8 Å². The number of carboxylic acid groups (broad SMARTS) is 1. The lowest BCUT2D eigenvalue weighted by atomic mass is 10.1. The average molecular weight is 292 g/mol. The van der Waals surface area contributed by atoms with Gasteiger partial charge in [-0.2, -0.15) is 13.2 Å². The maximum atomic E-state index is 12.5. The fraction of sp³-hybridized carbons (Fsp3) is 0.462. The molecule has 4 nitrogen and oxygen atoms in total. The second kappa shape index (κ2) is 6.49. The molecule has 1 atom stereocenters. The molecule has 0 bridgehead atoms. The first-order chi connectivity index (χ1) is 9.29. The Labute approximate surface area is 114 Å². The number of methoxy groups -OCH3 is 1. The summed E-state index contributed by atoms with van der Waals surface area (Å²) in [5.74, 6) is -4.18. The first-order valence-electron chi connectivity index (χ1n) is 5.88. The van der Waals surface area contributed by atoms with Crippen LogP contribution >= 0.6 is 0 Å². The van der Waals surface area contributed by atoms with Crippen molar-refractivity contribution in [1.82, 2.24) is 0 Å². The molecular formula is C13H15F3O4. The highest BCUT2D eigenvalue weighted by molar-refractivity contribution is 5.71. The van der Waals surface area contributed by atoms with Crippen molar-refractivity contribution in [2.75, 3.05) is 13.7 Å². The molecule has 0 radical (unpaired) electrons. The molecule has 1 aromatic carbocycles. The van der Waals surface area contributed by atoms with Gasteiger partial charge in [-0.05, 0) is 24.1 Å². The second-order valence-electron chi connectivity index (χ2n) is 4.08. The van der Waals surface area contributed by atoms with Crippen LogP contribution in [0, 0.1) is 5.92 Å². The maximum absolute atomic E-state index is 12.5. The Hall–Kier alpha value is -1.92. The Kier molecular flexibility index (Phi) is 5.24. The van der Waals surface area contributed by atoms with Crippen LogP contribution in [0.5, 0.6) is 11.5 Å². The van der Waals surface area contributed by atoms with E-state index in [1.54, 1.807) is 12.1 Å². The van der Waals surface area contributed by atoms with Crippen LogP contribution in [-0.2, 0) is 11.2 Å². The van der Waals surface area contributed by atoms with E-state index in [0.29, 0.717) is 0 Å². The lowest BCUT2D eigenvalue weighted by Gasteiger charge is -2.18. The summed E-state index contributed by atoms with van der Waals surface area (Å²) in [4.78, 5) is 10.6. The van der Waals surface area contributed by atoms with E-state index in [4.69, 9.17) is 14.6 Å². The Balaban J connectivity index is 2.85. The number of carbonyl (C=O) groups is 1. The standard InChI is InChI=1S/C13H15F3O4/c1-3-8-4-5-10(11(6-8)19-2)20-7-9(12(17)18)13(14,15)16/h4-6,9H,3,7H2,1-2H3,(H,17,18). The summed E-state index contributed by atoms with van der Waals surface area (Å²) < 4.78 is 47.4. The highest BCUT2D eigenvalue weighted by Gasteiger charge is 2.45. The van der Waals surface area contributed by atoms with Crippen molar-refractivity contribution in [1.29, 1.82) is 0 Å². The van der Waals surface area contributed by atoms with E-state index in [9.17, 15) is 18.0 Å². The van der Waals surface area contributed by atoms with Gasteiger partial charge >= 0.3 is 12.1 Å². The van der Waals surface area contributed by atoms with E-state index in [0.717, 1.165) is 12.0 Å². The molecule has 0 aromatic heterocycles. The van der Waals surface area contributed by atoms with Crippen molar-refractivity contribution in [3.63, 3.8) is 0 Å². The summed E-state index contributed by atoms with van der Waals surface area (Å²) in [6.07, 6.45) is -4.13. The predicted octanol–water partition coefficient (Wildman–Crippen LogP) is 2.90. The van der Waals surface area contributed by atoms with Crippen molar-refractivity contribution in [2.45, 2.75) is 19.5 Å². The fourth-order valence-corrected chi connectivity index (χ4v) is 1.53. The molecule has 1 unspecified atom stereocenters. The van der Waals surface area contributed by atoms with E-state index in [1.807, 2.05) is 6.92 Å². The molecule has 0 aliphatic carbocycles. The Bertz CT molecular complexity index is 471. The average Bonchev–Trinajstić information content (AvgIpc) is 2.37. The largest absolute Gasteiger partial charge is 0.493 e. The van der Waals surface area contributed by atoms with Gasteiger partial charge in [0.2, 0.25) is 0 Å². The summed E-state index contributed by atoms with van der Waals surface area (Å²) >= 11 is 0. The highest BCUT2D eigenvalue weighted by Crippen LogP contribution is 2.31. The van der Waals surface area contributed by atoms with Gasteiger partial charge in [0.1, 0.15) is 6.61 Å². The third-order valence-corrected chi connectivity index (χ3v) is 2.74. The van der Waals surface area contributed by atoms with E-state index in [2.05, 4.69) is 0 Å². The number of alkyl halides is 3. The van der Waals surface area contributed by atoms with Crippen molar-refractivity contribution < 1.29 is 32.5 Å². The Morgan fingerprint density at radius 1 is 1.35 bits per heavy atom. The number of aliphatic carboxylic acids is 1. The molecule has 112 valence electrons. The summed E-state index contributed by atoms with van der Waals surface area (Å²) in [6, 6.07) is 4.78. The number of carboxylic acids is 1. The van der Waals surface area contributed by atoms with Gasteiger partial charge in [0, 0.05) is 0 Å². The molecule has 0 aliphatic heterocycles. The SMILES string of the molecule is CCc1ccc(OCC(C(=O)O)C(F)(F)F)c(OC)c1. The minimum absolute atomic E-state index is 0.0835. The number of benzene rings is 1. The summed E-state index contributed by atoms with van der Waals surface area (Å²) in [7, 11) is 1.36. The van der Waals surface area contributed by atoms with Gasteiger partial charge in [-0.1, -0.05) is 13.0 Å². The molecule has 1 aromatic rings. The first kappa shape index (κ1) is 16.1. The number of ether oxygens (including phenoxy) is 2. The number of hydrogen-bond donors (Lipinski definition) is 1. The van der Waals surface area contributed by atoms with Gasteiger partial charge in [0.15, 0.2) is 17.4 Å². The van der Waals surface area contributed by atoms with Gasteiger partial charge in [-0.25, -0.2) is 0 Å². The minimum Gasteiger partial charge on any atom is -0.493 e. The molecule has 0 amide bonds. The van der Waals surface area contributed by atoms with Crippen molar-refractivity contribution >= 4 is 5.97 Å². The number of hydrogen-bond acceptors (Lipinski definition) is 3. The van der Waals surface area contributed by atoms with Crippen molar-refractivity contribution in [3.8, 4) is 11.5 Å². The second-order valence-corrected chi connectivity index (χ2v) is 4.08. The van der Waals surface area contributed by atoms with Crippen LogP contribution < -0.4 is 9.47 Å². The molecule has 0 saturated heterocycles. The Morgan fingerprint density at radius 3 is 2.45 bits per heavy atom. The summed E-state index contributed by atoms with van der Waals surface area (Å²) in [5, 5.41) is 8.56. The molecule has 0 heterocycles. The van der Waals surface area contributed by atoms with Crippen LogP contribution in [0.15, 0.2) is 18.2 Å². The van der Waals surface area contributed by atoms with Crippen LogP contribution in [0.25, 0.3) is 0 Å². The highest BCUT2D eigenvalue weighted by atomic mass is 19.4. The molecule has 0 fully saturated rings. The zero-order valence-electron chi connectivity index (χ0n) is 11.0.